The van der Waals surface area contributed by atoms with Gasteiger partial charge >= 0.3 is 0 Å². The maximum absolute atomic E-state index is 11.0. The molecule has 1 rings (SSSR count). The van der Waals surface area contributed by atoms with Crippen molar-refractivity contribution >= 4 is 17.4 Å². The number of aliphatic hydroxyl groups excluding tert-OH is 1. The topological polar surface area (TPSA) is 37.3 Å². The Labute approximate surface area is 87.8 Å². The molecule has 0 bridgehead atoms. The Morgan fingerprint density at radius 2 is 2.21 bits per heavy atom. The SMILES string of the molecule is C=C(C(C)=O)[C@H](O)c1cccc(Cl)c1. The molecule has 14 heavy (non-hydrogen) atoms. The first-order chi connectivity index (χ1) is 6.52. The van der Waals surface area contributed by atoms with Gasteiger partial charge in [-0.2, -0.15) is 0 Å². The highest BCUT2D eigenvalue weighted by Crippen LogP contribution is 2.23. The molecule has 1 aromatic carbocycles. The summed E-state index contributed by atoms with van der Waals surface area (Å²) in [6, 6.07) is 6.73. The van der Waals surface area contributed by atoms with Gasteiger partial charge < -0.3 is 5.11 Å². The second-order valence-corrected chi connectivity index (χ2v) is 3.48. The lowest BCUT2D eigenvalue weighted by atomic mass is 10.0. The third-order valence-corrected chi connectivity index (χ3v) is 2.18. The highest BCUT2D eigenvalue weighted by Gasteiger charge is 2.14. The van der Waals surface area contributed by atoms with Crippen molar-refractivity contribution in [3.05, 3.63) is 47.0 Å². The van der Waals surface area contributed by atoms with Gasteiger partial charge in [0.05, 0.1) is 0 Å². The summed E-state index contributed by atoms with van der Waals surface area (Å²) in [5.74, 6) is -0.225. The van der Waals surface area contributed by atoms with E-state index in [1.165, 1.54) is 6.92 Å². The zero-order valence-corrected chi connectivity index (χ0v) is 8.58. The molecular formula is C11H11ClO2. The molecule has 74 valence electrons. The summed E-state index contributed by atoms with van der Waals surface area (Å²) < 4.78 is 0. The second kappa shape index (κ2) is 4.40. The van der Waals surface area contributed by atoms with Gasteiger partial charge in [0.25, 0.3) is 0 Å². The molecule has 0 fully saturated rings. The van der Waals surface area contributed by atoms with Crippen molar-refractivity contribution in [2.24, 2.45) is 0 Å². The smallest absolute Gasteiger partial charge is 0.158 e. The van der Waals surface area contributed by atoms with Crippen LogP contribution in [0, 0.1) is 0 Å². The number of carbonyl (C=O) groups is 1. The van der Waals surface area contributed by atoms with Crippen LogP contribution in [0.15, 0.2) is 36.4 Å². The van der Waals surface area contributed by atoms with Gasteiger partial charge in [-0.25, -0.2) is 0 Å². The van der Waals surface area contributed by atoms with Gasteiger partial charge in [-0.1, -0.05) is 30.3 Å². The molecular weight excluding hydrogens is 200 g/mol. The largest absolute Gasteiger partial charge is 0.384 e. The lowest BCUT2D eigenvalue weighted by Crippen LogP contribution is -2.07. The molecule has 0 aliphatic rings. The molecule has 0 radical (unpaired) electrons. The lowest BCUT2D eigenvalue weighted by molar-refractivity contribution is -0.114. The van der Waals surface area contributed by atoms with Crippen LogP contribution in [-0.4, -0.2) is 10.9 Å². The van der Waals surface area contributed by atoms with Crippen molar-refractivity contribution in [3.63, 3.8) is 0 Å². The molecule has 0 spiro atoms. The zero-order chi connectivity index (χ0) is 10.7. The second-order valence-electron chi connectivity index (χ2n) is 3.04. The first kappa shape index (κ1) is 11.0. The van der Waals surface area contributed by atoms with E-state index in [1.54, 1.807) is 24.3 Å². The van der Waals surface area contributed by atoms with Crippen LogP contribution in [0.3, 0.4) is 0 Å². The van der Waals surface area contributed by atoms with Gasteiger partial charge in [-0.15, -0.1) is 0 Å². The van der Waals surface area contributed by atoms with Gasteiger partial charge in [-0.05, 0) is 24.6 Å². The van der Waals surface area contributed by atoms with Crippen molar-refractivity contribution in [2.75, 3.05) is 0 Å². The average molecular weight is 211 g/mol. The first-order valence-electron chi connectivity index (χ1n) is 4.15. The van der Waals surface area contributed by atoms with E-state index in [0.717, 1.165) is 0 Å². The Bertz CT molecular complexity index is 371. The minimum atomic E-state index is -0.966. The highest BCUT2D eigenvalue weighted by molar-refractivity contribution is 6.30. The molecule has 1 N–H and O–H groups in total. The van der Waals surface area contributed by atoms with E-state index >= 15 is 0 Å². The van der Waals surface area contributed by atoms with Gasteiger partial charge in [0, 0.05) is 10.6 Å². The maximum Gasteiger partial charge on any atom is 0.158 e. The summed E-state index contributed by atoms with van der Waals surface area (Å²) in [5, 5.41) is 10.2. The van der Waals surface area contributed by atoms with Gasteiger partial charge in [0.1, 0.15) is 6.10 Å². The zero-order valence-electron chi connectivity index (χ0n) is 7.83. The number of hydrogen-bond donors (Lipinski definition) is 1. The van der Waals surface area contributed by atoms with Crippen LogP contribution in [0.2, 0.25) is 5.02 Å². The lowest BCUT2D eigenvalue weighted by Gasteiger charge is -2.11. The summed E-state index contributed by atoms with van der Waals surface area (Å²) >= 11 is 5.75. The number of rotatable bonds is 3. The third kappa shape index (κ3) is 2.44. The molecule has 0 aliphatic heterocycles. The molecule has 1 atom stereocenters. The molecule has 0 amide bonds. The van der Waals surface area contributed by atoms with Crippen LogP contribution >= 0.6 is 11.6 Å². The predicted octanol–water partition coefficient (Wildman–Crippen LogP) is 2.52. The van der Waals surface area contributed by atoms with Gasteiger partial charge in [-0.3, -0.25) is 4.79 Å². The first-order valence-corrected chi connectivity index (χ1v) is 4.53. The molecule has 0 unspecified atom stereocenters. The van der Waals surface area contributed by atoms with Crippen molar-refractivity contribution in [2.45, 2.75) is 13.0 Å². The summed E-state index contributed by atoms with van der Waals surface area (Å²) in [4.78, 5) is 11.0. The molecule has 0 heterocycles. The van der Waals surface area contributed by atoms with Crippen LogP contribution in [0.1, 0.15) is 18.6 Å². The summed E-state index contributed by atoms with van der Waals surface area (Å²) in [5.41, 5.74) is 0.755. The van der Waals surface area contributed by atoms with Crippen molar-refractivity contribution in [1.82, 2.24) is 0 Å². The standard InChI is InChI=1S/C11H11ClO2/c1-7(8(2)13)11(14)9-4-3-5-10(12)6-9/h3-6,11,14H,1H2,2H3/t11-/m0/s1. The van der Waals surface area contributed by atoms with E-state index in [9.17, 15) is 9.90 Å². The van der Waals surface area contributed by atoms with E-state index in [2.05, 4.69) is 6.58 Å². The summed E-state index contributed by atoms with van der Waals surface area (Å²) in [6.07, 6.45) is -0.966. The predicted molar refractivity (Wildman–Crippen MR) is 56.2 cm³/mol. The molecule has 0 aromatic heterocycles. The van der Waals surface area contributed by atoms with E-state index in [0.29, 0.717) is 10.6 Å². The number of Topliss-reactive ketones (excluding diaryl/α,β-unsaturated/α-hetero) is 1. The number of ketones is 1. The maximum atomic E-state index is 11.0. The Morgan fingerprint density at radius 1 is 1.57 bits per heavy atom. The monoisotopic (exact) mass is 210 g/mol. The van der Waals surface area contributed by atoms with Gasteiger partial charge in [0.15, 0.2) is 5.78 Å². The van der Waals surface area contributed by atoms with Crippen LogP contribution in [-0.2, 0) is 4.79 Å². The molecule has 0 aliphatic carbocycles. The third-order valence-electron chi connectivity index (χ3n) is 1.95. The molecule has 2 nitrogen and oxygen atoms in total. The van der Waals surface area contributed by atoms with Crippen LogP contribution in [0.4, 0.5) is 0 Å². The van der Waals surface area contributed by atoms with Gasteiger partial charge in [0.2, 0.25) is 0 Å². The fourth-order valence-electron chi connectivity index (χ4n) is 1.07. The number of benzene rings is 1. The van der Waals surface area contributed by atoms with Crippen LogP contribution in [0.25, 0.3) is 0 Å². The van der Waals surface area contributed by atoms with Crippen molar-refractivity contribution in [1.29, 1.82) is 0 Å². The Morgan fingerprint density at radius 3 is 2.71 bits per heavy atom. The Balaban J connectivity index is 2.95. The minimum Gasteiger partial charge on any atom is -0.384 e. The van der Waals surface area contributed by atoms with E-state index in [1.807, 2.05) is 0 Å². The Hall–Kier alpha value is -1.12. The Kier molecular flexibility index (Phi) is 3.44. The molecule has 1 aromatic rings. The number of aliphatic hydroxyl groups is 1. The van der Waals surface area contributed by atoms with E-state index < -0.39 is 6.10 Å². The van der Waals surface area contributed by atoms with Crippen molar-refractivity contribution in [3.8, 4) is 0 Å². The normalized spacial score (nSPS) is 12.2. The minimum absolute atomic E-state index is 0.173. The molecule has 0 saturated carbocycles. The fraction of sp³-hybridized carbons (Fsp3) is 0.182. The van der Waals surface area contributed by atoms with Crippen LogP contribution in [0.5, 0.6) is 0 Å². The average Bonchev–Trinajstić information content (AvgIpc) is 2.15. The summed E-state index contributed by atoms with van der Waals surface area (Å²) in [6.45, 7) is 4.89. The van der Waals surface area contributed by atoms with Crippen LogP contribution < -0.4 is 0 Å². The molecule has 0 saturated heterocycles. The number of hydrogen-bond acceptors (Lipinski definition) is 2. The number of halogens is 1. The van der Waals surface area contributed by atoms with Crippen molar-refractivity contribution < 1.29 is 9.90 Å². The number of carbonyl (C=O) groups excluding carboxylic acids is 1. The van der Waals surface area contributed by atoms with E-state index in [-0.39, 0.29) is 11.4 Å². The highest BCUT2D eigenvalue weighted by atomic mass is 35.5. The molecule has 3 heteroatoms. The fourth-order valence-corrected chi connectivity index (χ4v) is 1.27. The van der Waals surface area contributed by atoms with E-state index in [4.69, 9.17) is 11.6 Å². The quantitative estimate of drug-likeness (QED) is 0.779. The summed E-state index contributed by atoms with van der Waals surface area (Å²) in [7, 11) is 0.